The number of nitrogen functional groups attached to an aromatic ring is 1. The number of halogens is 3. The van der Waals surface area contributed by atoms with Crippen molar-refractivity contribution < 1.29 is 8.78 Å². The molecule has 0 fully saturated rings. The average molecular weight is 299 g/mol. The summed E-state index contributed by atoms with van der Waals surface area (Å²) in [6.45, 7) is 0. The predicted molar refractivity (Wildman–Crippen MR) is 68.2 cm³/mol. The first-order valence-electron chi connectivity index (χ1n) is 4.83. The van der Waals surface area contributed by atoms with E-state index in [4.69, 9.17) is 5.73 Å². The van der Waals surface area contributed by atoms with Crippen LogP contribution in [0.1, 0.15) is 0 Å². The molecule has 88 valence electrons. The first kappa shape index (κ1) is 11.9. The Labute approximate surface area is 106 Å². The van der Waals surface area contributed by atoms with Gasteiger partial charge in [-0.3, -0.25) is 0 Å². The average Bonchev–Trinajstić information content (AvgIpc) is 2.29. The van der Waals surface area contributed by atoms with Gasteiger partial charge in [0.05, 0.1) is 15.8 Å². The normalized spacial score (nSPS) is 10.3. The monoisotopic (exact) mass is 298 g/mol. The summed E-state index contributed by atoms with van der Waals surface area (Å²) < 4.78 is 26.3. The van der Waals surface area contributed by atoms with Gasteiger partial charge < -0.3 is 11.1 Å². The summed E-state index contributed by atoms with van der Waals surface area (Å²) in [6, 6.07) is 8.48. The fourth-order valence-electron chi connectivity index (χ4n) is 1.36. The Morgan fingerprint density at radius 1 is 1.06 bits per heavy atom. The van der Waals surface area contributed by atoms with Crippen LogP contribution in [0.25, 0.3) is 0 Å². The van der Waals surface area contributed by atoms with Crippen molar-refractivity contribution in [1.82, 2.24) is 0 Å². The summed E-state index contributed by atoms with van der Waals surface area (Å²) >= 11 is 3.04. The first-order valence-corrected chi connectivity index (χ1v) is 5.62. The molecule has 0 heterocycles. The summed E-state index contributed by atoms with van der Waals surface area (Å²) in [7, 11) is 0. The molecule has 0 amide bonds. The predicted octanol–water partition coefficient (Wildman–Crippen LogP) is 4.05. The zero-order valence-corrected chi connectivity index (χ0v) is 10.3. The fourth-order valence-corrected chi connectivity index (χ4v) is 1.72. The van der Waals surface area contributed by atoms with E-state index in [1.165, 1.54) is 24.3 Å². The molecule has 0 aliphatic rings. The largest absolute Gasteiger partial charge is 0.397 e. The molecule has 0 bridgehead atoms. The molecular weight excluding hydrogens is 290 g/mol. The minimum atomic E-state index is -0.413. The summed E-state index contributed by atoms with van der Waals surface area (Å²) in [5, 5.41) is 2.91. The van der Waals surface area contributed by atoms with Crippen LogP contribution in [0.15, 0.2) is 40.9 Å². The SMILES string of the molecule is Nc1cc(Br)c(F)cc1Nc1ccc(F)cc1. The van der Waals surface area contributed by atoms with Gasteiger partial charge in [0.1, 0.15) is 11.6 Å². The maximum absolute atomic E-state index is 13.3. The van der Waals surface area contributed by atoms with Crippen molar-refractivity contribution in [1.29, 1.82) is 0 Å². The Bertz CT molecular complexity index is 541. The van der Waals surface area contributed by atoms with E-state index in [0.717, 1.165) is 0 Å². The van der Waals surface area contributed by atoms with Crippen molar-refractivity contribution in [2.24, 2.45) is 0 Å². The summed E-state index contributed by atoms with van der Waals surface area (Å²) in [5.41, 5.74) is 7.22. The highest BCUT2D eigenvalue weighted by atomic mass is 79.9. The summed E-state index contributed by atoms with van der Waals surface area (Å²) in [5.74, 6) is -0.741. The van der Waals surface area contributed by atoms with E-state index in [0.29, 0.717) is 21.5 Å². The smallest absolute Gasteiger partial charge is 0.139 e. The van der Waals surface area contributed by atoms with Crippen molar-refractivity contribution in [3.8, 4) is 0 Å². The Hall–Kier alpha value is -1.62. The lowest BCUT2D eigenvalue weighted by atomic mass is 10.2. The van der Waals surface area contributed by atoms with Crippen LogP contribution in [-0.2, 0) is 0 Å². The van der Waals surface area contributed by atoms with Crippen LogP contribution in [0.5, 0.6) is 0 Å². The Kier molecular flexibility index (Phi) is 3.28. The number of benzene rings is 2. The van der Waals surface area contributed by atoms with Gasteiger partial charge in [-0.25, -0.2) is 8.78 Å². The van der Waals surface area contributed by atoms with Crippen molar-refractivity contribution in [2.45, 2.75) is 0 Å². The molecule has 17 heavy (non-hydrogen) atoms. The highest BCUT2D eigenvalue weighted by Gasteiger charge is 2.06. The standard InChI is InChI=1S/C12H9BrF2N2/c13-9-5-11(16)12(6-10(9)15)17-8-3-1-7(14)2-4-8/h1-6,17H,16H2. The van der Waals surface area contributed by atoms with Gasteiger partial charge in [-0.1, -0.05) is 0 Å². The van der Waals surface area contributed by atoms with Crippen LogP contribution in [0, 0.1) is 11.6 Å². The molecule has 0 radical (unpaired) electrons. The number of hydrogen-bond donors (Lipinski definition) is 2. The lowest BCUT2D eigenvalue weighted by Gasteiger charge is -2.10. The van der Waals surface area contributed by atoms with Gasteiger partial charge in [0, 0.05) is 11.8 Å². The third-order valence-electron chi connectivity index (χ3n) is 2.22. The Balaban J connectivity index is 2.30. The lowest BCUT2D eigenvalue weighted by Crippen LogP contribution is -1.97. The number of nitrogens with one attached hydrogen (secondary N) is 1. The maximum Gasteiger partial charge on any atom is 0.139 e. The van der Waals surface area contributed by atoms with Gasteiger partial charge in [0.15, 0.2) is 0 Å². The third-order valence-corrected chi connectivity index (χ3v) is 2.82. The number of hydrogen-bond acceptors (Lipinski definition) is 2. The number of rotatable bonds is 2. The number of nitrogens with two attached hydrogens (primary N) is 1. The van der Waals surface area contributed by atoms with Gasteiger partial charge in [0.2, 0.25) is 0 Å². The zero-order chi connectivity index (χ0) is 12.4. The van der Waals surface area contributed by atoms with E-state index in [1.54, 1.807) is 12.1 Å². The molecule has 0 unspecified atom stereocenters. The van der Waals surface area contributed by atoms with Crippen molar-refractivity contribution in [3.05, 3.63) is 52.5 Å². The molecule has 0 aliphatic heterocycles. The van der Waals surface area contributed by atoms with Gasteiger partial charge in [0.25, 0.3) is 0 Å². The van der Waals surface area contributed by atoms with Crippen LogP contribution in [0.4, 0.5) is 25.8 Å². The third kappa shape index (κ3) is 2.74. The van der Waals surface area contributed by atoms with Crippen molar-refractivity contribution in [3.63, 3.8) is 0 Å². The molecule has 0 saturated carbocycles. The van der Waals surface area contributed by atoms with Gasteiger partial charge in [-0.05, 0) is 46.3 Å². The second kappa shape index (κ2) is 4.71. The Morgan fingerprint density at radius 2 is 1.71 bits per heavy atom. The van der Waals surface area contributed by atoms with Crippen LogP contribution in [0.3, 0.4) is 0 Å². The second-order valence-electron chi connectivity index (χ2n) is 3.49. The molecular formula is C12H9BrF2N2. The molecule has 0 saturated heterocycles. The van der Waals surface area contributed by atoms with Crippen LogP contribution in [0.2, 0.25) is 0 Å². The van der Waals surface area contributed by atoms with Crippen LogP contribution >= 0.6 is 15.9 Å². The molecule has 2 rings (SSSR count). The fraction of sp³-hybridized carbons (Fsp3) is 0. The molecule has 2 aromatic rings. The van der Waals surface area contributed by atoms with Gasteiger partial charge in [-0.15, -0.1) is 0 Å². The molecule has 2 aromatic carbocycles. The topological polar surface area (TPSA) is 38.0 Å². The van der Waals surface area contributed by atoms with E-state index in [1.807, 2.05) is 0 Å². The van der Waals surface area contributed by atoms with E-state index < -0.39 is 5.82 Å². The molecule has 3 N–H and O–H groups in total. The minimum Gasteiger partial charge on any atom is -0.397 e. The Morgan fingerprint density at radius 3 is 2.35 bits per heavy atom. The quantitative estimate of drug-likeness (QED) is 0.821. The second-order valence-corrected chi connectivity index (χ2v) is 4.34. The van der Waals surface area contributed by atoms with Crippen molar-refractivity contribution >= 4 is 33.0 Å². The highest BCUT2D eigenvalue weighted by Crippen LogP contribution is 2.28. The van der Waals surface area contributed by atoms with E-state index in [2.05, 4.69) is 21.2 Å². The maximum atomic E-state index is 13.3. The minimum absolute atomic E-state index is 0.305. The molecule has 0 atom stereocenters. The van der Waals surface area contributed by atoms with Crippen LogP contribution < -0.4 is 11.1 Å². The lowest BCUT2D eigenvalue weighted by molar-refractivity contribution is 0.622. The molecule has 2 nitrogen and oxygen atoms in total. The zero-order valence-electron chi connectivity index (χ0n) is 8.68. The summed E-state index contributed by atoms with van der Waals surface area (Å²) in [6.07, 6.45) is 0. The van der Waals surface area contributed by atoms with Crippen LogP contribution in [-0.4, -0.2) is 0 Å². The highest BCUT2D eigenvalue weighted by molar-refractivity contribution is 9.10. The molecule has 5 heteroatoms. The van der Waals surface area contributed by atoms with Gasteiger partial charge in [-0.2, -0.15) is 0 Å². The molecule has 0 aromatic heterocycles. The van der Waals surface area contributed by atoms with E-state index in [9.17, 15) is 8.78 Å². The number of anilines is 3. The molecule has 0 spiro atoms. The van der Waals surface area contributed by atoms with Crippen molar-refractivity contribution in [2.75, 3.05) is 11.1 Å². The molecule has 0 aliphatic carbocycles. The summed E-state index contributed by atoms with van der Waals surface area (Å²) in [4.78, 5) is 0. The van der Waals surface area contributed by atoms with Gasteiger partial charge >= 0.3 is 0 Å². The first-order chi connectivity index (χ1) is 8.06. The van der Waals surface area contributed by atoms with E-state index >= 15 is 0 Å². The van der Waals surface area contributed by atoms with E-state index in [-0.39, 0.29) is 5.82 Å².